The largest absolute Gasteiger partial charge is 0.291 e. The molecule has 125 valence electrons. The van der Waals surface area contributed by atoms with Crippen molar-refractivity contribution in [2.75, 3.05) is 0 Å². The van der Waals surface area contributed by atoms with Crippen molar-refractivity contribution < 1.29 is 4.79 Å². The van der Waals surface area contributed by atoms with E-state index in [4.69, 9.17) is 23.2 Å². The van der Waals surface area contributed by atoms with Gasteiger partial charge in [0, 0.05) is 17.0 Å². The highest BCUT2D eigenvalue weighted by Crippen LogP contribution is 2.45. The van der Waals surface area contributed by atoms with Crippen LogP contribution in [0.5, 0.6) is 0 Å². The number of hydrogen-bond acceptors (Lipinski definition) is 1. The van der Waals surface area contributed by atoms with Gasteiger partial charge in [-0.3, -0.25) is 4.79 Å². The summed E-state index contributed by atoms with van der Waals surface area (Å²) in [5.74, 6) is 0. The Balaban J connectivity index is 2.12. The highest BCUT2D eigenvalue weighted by atomic mass is 35.5. The van der Waals surface area contributed by atoms with Crippen LogP contribution in [0.3, 0.4) is 0 Å². The van der Waals surface area contributed by atoms with Gasteiger partial charge in [-0.25, -0.2) is 0 Å². The van der Waals surface area contributed by atoms with Crippen LogP contribution < -0.4 is 0 Å². The van der Waals surface area contributed by atoms with E-state index in [1.54, 1.807) is 0 Å². The Morgan fingerprint density at radius 3 is 2.04 bits per heavy atom. The van der Waals surface area contributed by atoms with Gasteiger partial charge >= 0.3 is 0 Å². The Bertz CT molecular complexity index is 843. The quantitative estimate of drug-likeness (QED) is 0.390. The second-order valence-electron chi connectivity index (χ2n) is 5.85. The second kappa shape index (κ2) is 7.86. The molecular formula is C22H17Cl2O. The summed E-state index contributed by atoms with van der Waals surface area (Å²) >= 11 is 13.7. The maximum absolute atomic E-state index is 10.5. The van der Waals surface area contributed by atoms with E-state index in [9.17, 15) is 4.79 Å². The van der Waals surface area contributed by atoms with Gasteiger partial charge in [0.05, 0.1) is 0 Å². The second-order valence-corrected chi connectivity index (χ2v) is 6.82. The number of benzene rings is 3. The molecule has 0 aliphatic carbocycles. The van der Waals surface area contributed by atoms with Crippen LogP contribution in [0.2, 0.25) is 5.02 Å². The van der Waals surface area contributed by atoms with E-state index >= 15 is 0 Å². The van der Waals surface area contributed by atoms with Gasteiger partial charge < -0.3 is 0 Å². The summed E-state index contributed by atoms with van der Waals surface area (Å²) in [6.07, 6.45) is 3.00. The molecule has 0 aromatic heterocycles. The van der Waals surface area contributed by atoms with Crippen LogP contribution in [0, 0.1) is 0 Å². The standard InChI is InChI=1S/C22H17Cl2O/c23-21-11-5-4-10-20(21)22(24,18-8-2-1-3-9-18)19-14-12-17(13-15-19)7-6-16-25/h1-5,8-15H,6-7H2. The Labute approximate surface area is 158 Å². The van der Waals surface area contributed by atoms with Crippen LogP contribution >= 0.6 is 23.2 Å². The van der Waals surface area contributed by atoms with Crippen LogP contribution in [0.25, 0.3) is 0 Å². The van der Waals surface area contributed by atoms with E-state index < -0.39 is 4.87 Å². The van der Waals surface area contributed by atoms with Crippen molar-refractivity contribution in [3.63, 3.8) is 0 Å². The molecule has 1 unspecified atom stereocenters. The number of rotatable bonds is 6. The zero-order valence-corrected chi connectivity index (χ0v) is 15.1. The van der Waals surface area contributed by atoms with Gasteiger partial charge in [-0.1, -0.05) is 84.4 Å². The van der Waals surface area contributed by atoms with Crippen molar-refractivity contribution in [1.29, 1.82) is 0 Å². The summed E-state index contributed by atoms with van der Waals surface area (Å²) in [6.45, 7) is 0. The molecule has 0 aliphatic rings. The summed E-state index contributed by atoms with van der Waals surface area (Å²) < 4.78 is 0. The zero-order valence-electron chi connectivity index (χ0n) is 13.6. The molecule has 3 aromatic rings. The van der Waals surface area contributed by atoms with Crippen molar-refractivity contribution in [1.82, 2.24) is 0 Å². The lowest BCUT2D eigenvalue weighted by molar-refractivity contribution is 0.551. The predicted molar refractivity (Wildman–Crippen MR) is 104 cm³/mol. The third-order valence-corrected chi connectivity index (χ3v) is 5.25. The topological polar surface area (TPSA) is 17.1 Å². The van der Waals surface area contributed by atoms with E-state index in [1.165, 1.54) is 0 Å². The van der Waals surface area contributed by atoms with E-state index in [2.05, 4.69) is 0 Å². The van der Waals surface area contributed by atoms with Crippen LogP contribution in [0.15, 0.2) is 78.9 Å². The molecule has 1 nitrogen and oxygen atoms in total. The Morgan fingerprint density at radius 2 is 1.40 bits per heavy atom. The highest BCUT2D eigenvalue weighted by molar-refractivity contribution is 6.34. The van der Waals surface area contributed by atoms with Crippen LogP contribution in [-0.2, 0) is 16.1 Å². The molecule has 0 saturated heterocycles. The molecule has 25 heavy (non-hydrogen) atoms. The van der Waals surface area contributed by atoms with Crippen molar-refractivity contribution in [3.8, 4) is 0 Å². The summed E-state index contributed by atoms with van der Waals surface area (Å²) in [7, 11) is 0. The first kappa shape index (κ1) is 17.7. The van der Waals surface area contributed by atoms with Crippen LogP contribution in [0.4, 0.5) is 0 Å². The molecule has 0 fully saturated rings. The number of hydrogen-bond donors (Lipinski definition) is 0. The molecule has 0 N–H and O–H groups in total. The zero-order chi connectivity index (χ0) is 17.7. The Morgan fingerprint density at radius 1 is 0.800 bits per heavy atom. The maximum atomic E-state index is 10.5. The number of halogens is 2. The fraction of sp³-hybridized carbons (Fsp3) is 0.136. The van der Waals surface area contributed by atoms with Gasteiger partial charge in [-0.05, 0) is 29.2 Å². The van der Waals surface area contributed by atoms with Gasteiger partial charge in [0.25, 0.3) is 0 Å². The minimum Gasteiger partial charge on any atom is -0.291 e. The molecule has 3 rings (SSSR count). The molecule has 0 aliphatic heterocycles. The minimum absolute atomic E-state index is 0.397. The molecule has 0 saturated carbocycles. The third-order valence-electron chi connectivity index (χ3n) is 4.28. The molecular weight excluding hydrogens is 351 g/mol. The average molecular weight is 368 g/mol. The SMILES string of the molecule is O=[C]CCc1ccc(C(Cl)(c2ccccc2)c2ccccc2Cl)cc1. The molecule has 0 spiro atoms. The lowest BCUT2D eigenvalue weighted by Crippen LogP contribution is -2.22. The summed E-state index contributed by atoms with van der Waals surface area (Å²) in [6, 6.07) is 25.6. The first-order chi connectivity index (χ1) is 12.2. The van der Waals surface area contributed by atoms with Crippen LogP contribution in [0.1, 0.15) is 28.7 Å². The van der Waals surface area contributed by atoms with E-state index in [0.29, 0.717) is 17.9 Å². The van der Waals surface area contributed by atoms with Gasteiger partial charge in [0.2, 0.25) is 0 Å². The first-order valence-electron chi connectivity index (χ1n) is 8.10. The smallest absolute Gasteiger partial charge is 0.198 e. The molecule has 1 radical (unpaired) electrons. The van der Waals surface area contributed by atoms with Crippen molar-refractivity contribution in [2.24, 2.45) is 0 Å². The number of alkyl halides is 1. The normalized spacial score (nSPS) is 13.2. The first-order valence-corrected chi connectivity index (χ1v) is 8.85. The van der Waals surface area contributed by atoms with E-state index in [1.807, 2.05) is 85.1 Å². The lowest BCUT2D eigenvalue weighted by Gasteiger charge is -2.30. The number of aryl methyl sites for hydroxylation is 1. The fourth-order valence-electron chi connectivity index (χ4n) is 2.98. The highest BCUT2D eigenvalue weighted by Gasteiger charge is 2.35. The van der Waals surface area contributed by atoms with Crippen LogP contribution in [-0.4, -0.2) is 6.29 Å². The monoisotopic (exact) mass is 367 g/mol. The molecule has 3 aromatic carbocycles. The lowest BCUT2D eigenvalue weighted by atomic mass is 9.83. The third kappa shape index (κ3) is 3.63. The van der Waals surface area contributed by atoms with E-state index in [-0.39, 0.29) is 0 Å². The molecule has 0 bridgehead atoms. The number of carbonyl (C=O) groups excluding carboxylic acids is 1. The summed E-state index contributed by atoms with van der Waals surface area (Å²) in [4.78, 5) is 9.57. The van der Waals surface area contributed by atoms with E-state index in [0.717, 1.165) is 22.3 Å². The summed E-state index contributed by atoms with van der Waals surface area (Å²) in [5, 5.41) is 0.626. The average Bonchev–Trinajstić information content (AvgIpc) is 2.67. The molecule has 1 atom stereocenters. The molecule has 0 amide bonds. The minimum atomic E-state index is -0.880. The van der Waals surface area contributed by atoms with Crippen molar-refractivity contribution in [2.45, 2.75) is 17.7 Å². The van der Waals surface area contributed by atoms with Gasteiger partial charge in [0.1, 0.15) is 4.87 Å². The van der Waals surface area contributed by atoms with Gasteiger partial charge in [-0.15, -0.1) is 11.6 Å². The van der Waals surface area contributed by atoms with Crippen molar-refractivity contribution >= 4 is 29.5 Å². The molecule has 3 heteroatoms. The van der Waals surface area contributed by atoms with Crippen molar-refractivity contribution in [3.05, 3.63) is 106 Å². The fourth-order valence-corrected chi connectivity index (χ4v) is 3.73. The van der Waals surface area contributed by atoms with Gasteiger partial charge in [0.15, 0.2) is 6.29 Å². The Hall–Kier alpha value is -2.09. The maximum Gasteiger partial charge on any atom is 0.198 e. The summed E-state index contributed by atoms with van der Waals surface area (Å²) in [5.41, 5.74) is 3.82. The Kier molecular flexibility index (Phi) is 5.57. The predicted octanol–water partition coefficient (Wildman–Crippen LogP) is 5.91. The van der Waals surface area contributed by atoms with Gasteiger partial charge in [-0.2, -0.15) is 0 Å². The molecule has 0 heterocycles.